The maximum absolute atomic E-state index is 5.79. The summed E-state index contributed by atoms with van der Waals surface area (Å²) in [6.45, 7) is 2.76. The van der Waals surface area contributed by atoms with Gasteiger partial charge in [-0.1, -0.05) is 6.07 Å². The summed E-state index contributed by atoms with van der Waals surface area (Å²) in [5.41, 5.74) is 1.13. The van der Waals surface area contributed by atoms with E-state index in [-0.39, 0.29) is 0 Å². The average Bonchev–Trinajstić information content (AvgIpc) is 2.30. The topological polar surface area (TPSA) is 34.1 Å². The largest absolute Gasteiger partial charge is 0.372 e. The van der Waals surface area contributed by atoms with Crippen molar-refractivity contribution >= 4 is 15.9 Å². The van der Waals surface area contributed by atoms with Crippen LogP contribution in [0.25, 0.3) is 0 Å². The molecular weight excluding hydrogens is 256 g/mol. The molecule has 1 fully saturated rings. The van der Waals surface area contributed by atoms with Crippen molar-refractivity contribution in [1.29, 1.82) is 0 Å². The van der Waals surface area contributed by atoms with E-state index < -0.39 is 0 Å². The SMILES string of the molecule is Brc1ccc(COC2CCCNC2)cn1. The second-order valence-corrected chi connectivity index (χ2v) is 4.58. The smallest absolute Gasteiger partial charge is 0.106 e. The van der Waals surface area contributed by atoms with E-state index in [1.807, 2.05) is 18.3 Å². The predicted octanol–water partition coefficient (Wildman–Crippen LogP) is 2.11. The van der Waals surface area contributed by atoms with Crippen molar-refractivity contribution in [2.24, 2.45) is 0 Å². The van der Waals surface area contributed by atoms with E-state index in [9.17, 15) is 0 Å². The van der Waals surface area contributed by atoms with Crippen LogP contribution < -0.4 is 5.32 Å². The van der Waals surface area contributed by atoms with Crippen molar-refractivity contribution in [2.75, 3.05) is 13.1 Å². The van der Waals surface area contributed by atoms with Crippen molar-refractivity contribution in [2.45, 2.75) is 25.6 Å². The first-order valence-electron chi connectivity index (χ1n) is 5.27. The number of nitrogens with zero attached hydrogens (tertiary/aromatic N) is 1. The normalized spacial score (nSPS) is 21.5. The monoisotopic (exact) mass is 270 g/mol. The molecule has 0 aliphatic carbocycles. The fourth-order valence-corrected chi connectivity index (χ4v) is 1.90. The van der Waals surface area contributed by atoms with E-state index in [2.05, 4.69) is 26.2 Å². The zero-order valence-electron chi connectivity index (χ0n) is 8.58. The van der Waals surface area contributed by atoms with Crippen molar-refractivity contribution < 1.29 is 4.74 Å². The number of pyridine rings is 1. The lowest BCUT2D eigenvalue weighted by Gasteiger charge is -2.22. The van der Waals surface area contributed by atoms with Gasteiger partial charge in [0.15, 0.2) is 0 Å². The van der Waals surface area contributed by atoms with Crippen LogP contribution in [0.15, 0.2) is 22.9 Å². The summed E-state index contributed by atoms with van der Waals surface area (Å²) < 4.78 is 6.66. The molecule has 1 aliphatic heterocycles. The lowest BCUT2D eigenvalue weighted by Crippen LogP contribution is -2.35. The number of ether oxygens (including phenoxy) is 1. The lowest BCUT2D eigenvalue weighted by molar-refractivity contribution is 0.0251. The zero-order valence-corrected chi connectivity index (χ0v) is 10.2. The first kappa shape index (κ1) is 11.0. The highest BCUT2D eigenvalue weighted by Crippen LogP contribution is 2.11. The van der Waals surface area contributed by atoms with E-state index >= 15 is 0 Å². The van der Waals surface area contributed by atoms with E-state index in [0.29, 0.717) is 12.7 Å². The Kier molecular flexibility index (Phi) is 4.11. The summed E-state index contributed by atoms with van der Waals surface area (Å²) in [5.74, 6) is 0. The summed E-state index contributed by atoms with van der Waals surface area (Å²) in [7, 11) is 0. The molecular formula is C11H15BrN2O. The van der Waals surface area contributed by atoms with Crippen LogP contribution >= 0.6 is 15.9 Å². The van der Waals surface area contributed by atoms with Gasteiger partial charge in [0.2, 0.25) is 0 Å². The van der Waals surface area contributed by atoms with Crippen LogP contribution in [-0.4, -0.2) is 24.2 Å². The van der Waals surface area contributed by atoms with Gasteiger partial charge in [-0.25, -0.2) is 4.98 Å². The summed E-state index contributed by atoms with van der Waals surface area (Å²) in [5, 5.41) is 3.33. The van der Waals surface area contributed by atoms with Gasteiger partial charge in [-0.2, -0.15) is 0 Å². The Labute approximate surface area is 98.4 Å². The summed E-state index contributed by atoms with van der Waals surface area (Å²) in [4.78, 5) is 4.16. The van der Waals surface area contributed by atoms with Gasteiger partial charge in [-0.3, -0.25) is 0 Å². The minimum Gasteiger partial charge on any atom is -0.372 e. The maximum atomic E-state index is 5.79. The number of rotatable bonds is 3. The Morgan fingerprint density at radius 2 is 2.47 bits per heavy atom. The highest BCUT2D eigenvalue weighted by Gasteiger charge is 2.12. The van der Waals surface area contributed by atoms with E-state index in [1.54, 1.807) is 0 Å². The van der Waals surface area contributed by atoms with Crippen molar-refractivity contribution in [3.63, 3.8) is 0 Å². The predicted molar refractivity (Wildman–Crippen MR) is 62.6 cm³/mol. The standard InChI is InChI=1S/C11H15BrN2O/c12-11-4-3-9(6-14-11)8-15-10-2-1-5-13-7-10/h3-4,6,10,13H,1-2,5,7-8H2. The van der Waals surface area contributed by atoms with Crippen molar-refractivity contribution in [3.8, 4) is 0 Å². The molecule has 15 heavy (non-hydrogen) atoms. The van der Waals surface area contributed by atoms with Gasteiger partial charge >= 0.3 is 0 Å². The Balaban J connectivity index is 1.79. The van der Waals surface area contributed by atoms with Crippen LogP contribution in [0.4, 0.5) is 0 Å². The highest BCUT2D eigenvalue weighted by atomic mass is 79.9. The molecule has 4 heteroatoms. The number of hydrogen-bond donors (Lipinski definition) is 1. The fraction of sp³-hybridized carbons (Fsp3) is 0.545. The Morgan fingerprint density at radius 1 is 1.53 bits per heavy atom. The average molecular weight is 271 g/mol. The maximum Gasteiger partial charge on any atom is 0.106 e. The van der Waals surface area contributed by atoms with Crippen molar-refractivity contribution in [3.05, 3.63) is 28.5 Å². The quantitative estimate of drug-likeness (QED) is 0.855. The molecule has 0 saturated carbocycles. The van der Waals surface area contributed by atoms with Gasteiger partial charge in [0, 0.05) is 12.7 Å². The van der Waals surface area contributed by atoms with Gasteiger partial charge in [-0.15, -0.1) is 0 Å². The Hall–Kier alpha value is -0.450. The fourth-order valence-electron chi connectivity index (χ4n) is 1.67. The number of nitrogens with one attached hydrogen (secondary N) is 1. The lowest BCUT2D eigenvalue weighted by atomic mass is 10.1. The molecule has 2 rings (SSSR count). The van der Waals surface area contributed by atoms with Gasteiger partial charge in [-0.05, 0) is 46.9 Å². The Morgan fingerprint density at radius 3 is 3.13 bits per heavy atom. The third kappa shape index (κ3) is 3.55. The van der Waals surface area contributed by atoms with Crippen LogP contribution in [0.1, 0.15) is 18.4 Å². The van der Waals surface area contributed by atoms with Gasteiger partial charge in [0.05, 0.1) is 12.7 Å². The molecule has 0 aromatic carbocycles. The van der Waals surface area contributed by atoms with E-state index in [4.69, 9.17) is 4.74 Å². The molecule has 0 spiro atoms. The van der Waals surface area contributed by atoms with Crippen LogP contribution in [0.5, 0.6) is 0 Å². The van der Waals surface area contributed by atoms with Crippen LogP contribution in [0, 0.1) is 0 Å². The summed E-state index contributed by atoms with van der Waals surface area (Å²) >= 11 is 3.31. The molecule has 82 valence electrons. The molecule has 0 radical (unpaired) electrons. The van der Waals surface area contributed by atoms with Crippen LogP contribution in [-0.2, 0) is 11.3 Å². The van der Waals surface area contributed by atoms with Gasteiger partial charge < -0.3 is 10.1 Å². The second-order valence-electron chi connectivity index (χ2n) is 3.77. The van der Waals surface area contributed by atoms with Crippen LogP contribution in [0.2, 0.25) is 0 Å². The number of aromatic nitrogens is 1. The van der Waals surface area contributed by atoms with E-state index in [1.165, 1.54) is 6.42 Å². The minimum atomic E-state index is 0.363. The molecule has 0 amide bonds. The van der Waals surface area contributed by atoms with E-state index in [0.717, 1.165) is 29.7 Å². The van der Waals surface area contributed by atoms with Gasteiger partial charge in [0.25, 0.3) is 0 Å². The van der Waals surface area contributed by atoms with Crippen molar-refractivity contribution in [1.82, 2.24) is 10.3 Å². The van der Waals surface area contributed by atoms with Gasteiger partial charge in [0.1, 0.15) is 4.60 Å². The first-order chi connectivity index (χ1) is 7.34. The van der Waals surface area contributed by atoms with Crippen LogP contribution in [0.3, 0.4) is 0 Å². The molecule has 1 unspecified atom stereocenters. The minimum absolute atomic E-state index is 0.363. The Bertz CT molecular complexity index is 296. The molecule has 3 nitrogen and oxygen atoms in total. The highest BCUT2D eigenvalue weighted by molar-refractivity contribution is 9.10. The molecule has 0 bridgehead atoms. The molecule has 1 aliphatic rings. The molecule has 1 atom stereocenters. The molecule has 1 N–H and O–H groups in total. The number of hydrogen-bond acceptors (Lipinski definition) is 3. The third-order valence-electron chi connectivity index (χ3n) is 2.53. The molecule has 2 heterocycles. The molecule has 1 saturated heterocycles. The molecule has 1 aromatic rings. The number of halogens is 1. The summed E-state index contributed by atoms with van der Waals surface area (Å²) in [6, 6.07) is 3.98. The third-order valence-corrected chi connectivity index (χ3v) is 3.00. The molecule has 1 aromatic heterocycles. The number of piperidine rings is 1. The zero-order chi connectivity index (χ0) is 10.5. The first-order valence-corrected chi connectivity index (χ1v) is 6.06. The summed E-state index contributed by atoms with van der Waals surface area (Å²) in [6.07, 6.45) is 4.59. The second kappa shape index (κ2) is 5.58.